The minimum Gasteiger partial charge on any atom is -0.381 e. The van der Waals surface area contributed by atoms with Gasteiger partial charge in [-0.15, -0.1) is 5.73 Å². The second-order valence-corrected chi connectivity index (χ2v) is 1.65. The molecule has 0 fully saturated rings. The Labute approximate surface area is 57.0 Å². The van der Waals surface area contributed by atoms with E-state index in [1.54, 1.807) is 0 Å². The van der Waals surface area contributed by atoms with E-state index in [4.69, 9.17) is 4.74 Å². The van der Waals surface area contributed by atoms with Crippen molar-refractivity contribution in [3.8, 4) is 0 Å². The molecule has 0 atom stereocenters. The molecule has 0 aromatic carbocycles. The van der Waals surface area contributed by atoms with Gasteiger partial charge < -0.3 is 4.74 Å². The summed E-state index contributed by atoms with van der Waals surface area (Å²) in [6.45, 7) is 5.58. The fourth-order valence-electron chi connectivity index (χ4n) is 0.488. The summed E-state index contributed by atoms with van der Waals surface area (Å²) in [5, 5.41) is 0. The first-order valence-electron chi connectivity index (χ1n) is 3.35. The molecular weight excluding hydrogens is 112 g/mol. The monoisotopic (exact) mass is 126 g/mol. The van der Waals surface area contributed by atoms with Crippen LogP contribution in [0, 0.1) is 0 Å². The lowest BCUT2D eigenvalue weighted by atomic mass is 10.4. The lowest BCUT2D eigenvalue weighted by Gasteiger charge is -1.92. The summed E-state index contributed by atoms with van der Waals surface area (Å²) >= 11 is 0. The Bertz CT molecular complexity index is 99.1. The summed E-state index contributed by atoms with van der Waals surface area (Å²) in [6.07, 6.45) is 4.85. The van der Waals surface area contributed by atoms with Gasteiger partial charge in [0.2, 0.25) is 0 Å². The highest BCUT2D eigenvalue weighted by atomic mass is 16.5. The molecule has 0 heterocycles. The fraction of sp³-hybridized carbons (Fsp3) is 0.625. The molecule has 0 saturated heterocycles. The predicted octanol–water partition coefficient (Wildman–Crippen LogP) is 2.14. The van der Waals surface area contributed by atoms with E-state index in [1.165, 1.54) is 0 Å². The zero-order chi connectivity index (χ0) is 6.95. The summed E-state index contributed by atoms with van der Waals surface area (Å²) in [4.78, 5) is 0. The fourth-order valence-corrected chi connectivity index (χ4v) is 0.488. The molecule has 0 bridgehead atoms. The van der Waals surface area contributed by atoms with Gasteiger partial charge in [0, 0.05) is 6.61 Å². The van der Waals surface area contributed by atoms with Crippen LogP contribution in [0.25, 0.3) is 0 Å². The standard InChI is InChI=1S/C8H14O/c1-3-5-6-7-8-9-4-2/h3,6H,4,7-8H2,1-2H3. The first-order chi connectivity index (χ1) is 4.41. The Balaban J connectivity index is 3.00. The van der Waals surface area contributed by atoms with Crippen LogP contribution < -0.4 is 0 Å². The van der Waals surface area contributed by atoms with Crippen molar-refractivity contribution in [2.75, 3.05) is 13.2 Å². The SMILES string of the molecule is CC=C=CCCOCC. The smallest absolute Gasteiger partial charge is 0.0506 e. The molecule has 0 saturated carbocycles. The molecular formula is C8H14O. The minimum absolute atomic E-state index is 0.809. The van der Waals surface area contributed by atoms with Crippen molar-refractivity contribution in [1.29, 1.82) is 0 Å². The molecule has 1 heteroatoms. The van der Waals surface area contributed by atoms with E-state index in [9.17, 15) is 0 Å². The molecule has 0 amide bonds. The van der Waals surface area contributed by atoms with Crippen molar-refractivity contribution < 1.29 is 4.74 Å². The van der Waals surface area contributed by atoms with Gasteiger partial charge in [-0.3, -0.25) is 0 Å². The van der Waals surface area contributed by atoms with Gasteiger partial charge in [0.1, 0.15) is 0 Å². The van der Waals surface area contributed by atoms with Crippen molar-refractivity contribution in [3.05, 3.63) is 17.9 Å². The molecule has 0 unspecified atom stereocenters. The van der Waals surface area contributed by atoms with Gasteiger partial charge in [0.15, 0.2) is 0 Å². The van der Waals surface area contributed by atoms with Crippen molar-refractivity contribution in [2.24, 2.45) is 0 Å². The first kappa shape index (κ1) is 8.48. The topological polar surface area (TPSA) is 9.23 Å². The van der Waals surface area contributed by atoms with E-state index >= 15 is 0 Å². The Morgan fingerprint density at radius 1 is 1.56 bits per heavy atom. The second-order valence-electron chi connectivity index (χ2n) is 1.65. The third kappa shape index (κ3) is 7.48. The average molecular weight is 126 g/mol. The Morgan fingerprint density at radius 3 is 2.89 bits per heavy atom. The van der Waals surface area contributed by atoms with Crippen LogP contribution in [0.4, 0.5) is 0 Å². The number of hydrogen-bond donors (Lipinski definition) is 0. The molecule has 0 N–H and O–H groups in total. The summed E-state index contributed by atoms with van der Waals surface area (Å²) in [6, 6.07) is 0. The molecule has 0 radical (unpaired) electrons. The Hall–Kier alpha value is -0.520. The van der Waals surface area contributed by atoms with Crippen LogP contribution in [0.5, 0.6) is 0 Å². The van der Waals surface area contributed by atoms with Crippen LogP contribution in [0.1, 0.15) is 20.3 Å². The molecule has 0 aliphatic carbocycles. The van der Waals surface area contributed by atoms with E-state index in [0.29, 0.717) is 0 Å². The van der Waals surface area contributed by atoms with Crippen LogP contribution in [0.3, 0.4) is 0 Å². The summed E-state index contributed by atoms with van der Waals surface area (Å²) < 4.78 is 5.09. The van der Waals surface area contributed by atoms with Gasteiger partial charge in [0.05, 0.1) is 6.61 Å². The van der Waals surface area contributed by atoms with E-state index in [1.807, 2.05) is 26.0 Å². The molecule has 0 aromatic rings. The average Bonchev–Trinajstić information content (AvgIpc) is 1.89. The minimum atomic E-state index is 0.809. The van der Waals surface area contributed by atoms with Crippen LogP contribution >= 0.6 is 0 Å². The van der Waals surface area contributed by atoms with E-state index in [0.717, 1.165) is 19.6 Å². The molecule has 52 valence electrons. The third-order valence-corrected chi connectivity index (χ3v) is 0.895. The van der Waals surface area contributed by atoms with E-state index < -0.39 is 0 Å². The van der Waals surface area contributed by atoms with Crippen LogP contribution in [0.2, 0.25) is 0 Å². The Kier molecular flexibility index (Phi) is 7.05. The van der Waals surface area contributed by atoms with E-state index in [-0.39, 0.29) is 0 Å². The normalized spacial score (nSPS) is 8.22. The third-order valence-electron chi connectivity index (χ3n) is 0.895. The summed E-state index contributed by atoms with van der Waals surface area (Å²) in [5.74, 6) is 0. The maximum Gasteiger partial charge on any atom is 0.0506 e. The van der Waals surface area contributed by atoms with Crippen LogP contribution in [-0.4, -0.2) is 13.2 Å². The van der Waals surface area contributed by atoms with Gasteiger partial charge in [0.25, 0.3) is 0 Å². The predicted molar refractivity (Wildman–Crippen MR) is 39.4 cm³/mol. The van der Waals surface area contributed by atoms with Crippen molar-refractivity contribution in [1.82, 2.24) is 0 Å². The van der Waals surface area contributed by atoms with Gasteiger partial charge in [-0.05, 0) is 32.4 Å². The maximum absolute atomic E-state index is 5.09. The van der Waals surface area contributed by atoms with E-state index in [2.05, 4.69) is 5.73 Å². The zero-order valence-electron chi connectivity index (χ0n) is 6.18. The van der Waals surface area contributed by atoms with Crippen LogP contribution in [0.15, 0.2) is 17.9 Å². The molecule has 0 aliphatic heterocycles. The highest BCUT2D eigenvalue weighted by Crippen LogP contribution is 1.82. The largest absolute Gasteiger partial charge is 0.381 e. The first-order valence-corrected chi connectivity index (χ1v) is 3.35. The summed E-state index contributed by atoms with van der Waals surface area (Å²) in [7, 11) is 0. The zero-order valence-corrected chi connectivity index (χ0v) is 6.18. The Morgan fingerprint density at radius 2 is 2.33 bits per heavy atom. The van der Waals surface area contributed by atoms with Gasteiger partial charge in [-0.2, -0.15) is 0 Å². The molecule has 0 rings (SSSR count). The van der Waals surface area contributed by atoms with Crippen molar-refractivity contribution >= 4 is 0 Å². The number of ether oxygens (including phenoxy) is 1. The highest BCUT2D eigenvalue weighted by Gasteiger charge is 1.76. The highest BCUT2D eigenvalue weighted by molar-refractivity contribution is 4.81. The molecule has 1 nitrogen and oxygen atoms in total. The number of hydrogen-bond acceptors (Lipinski definition) is 1. The van der Waals surface area contributed by atoms with Crippen molar-refractivity contribution in [2.45, 2.75) is 20.3 Å². The van der Waals surface area contributed by atoms with Crippen molar-refractivity contribution in [3.63, 3.8) is 0 Å². The van der Waals surface area contributed by atoms with Gasteiger partial charge in [-0.25, -0.2) is 0 Å². The van der Waals surface area contributed by atoms with Gasteiger partial charge in [-0.1, -0.05) is 0 Å². The maximum atomic E-state index is 5.09. The molecule has 0 aromatic heterocycles. The lowest BCUT2D eigenvalue weighted by Crippen LogP contribution is -1.89. The number of rotatable bonds is 4. The van der Waals surface area contributed by atoms with Gasteiger partial charge >= 0.3 is 0 Å². The quantitative estimate of drug-likeness (QED) is 0.414. The molecule has 9 heavy (non-hydrogen) atoms. The molecule has 0 aliphatic rings. The second kappa shape index (κ2) is 7.48. The lowest BCUT2D eigenvalue weighted by molar-refractivity contribution is 0.152. The summed E-state index contributed by atoms with van der Waals surface area (Å²) in [5.41, 5.74) is 2.98. The van der Waals surface area contributed by atoms with Crippen LogP contribution in [-0.2, 0) is 4.74 Å². The molecule has 0 spiro atoms.